The molecule has 0 fully saturated rings. The van der Waals surface area contributed by atoms with Crippen LogP contribution in [0.25, 0.3) is 0 Å². The predicted molar refractivity (Wildman–Crippen MR) is 88.6 cm³/mol. The van der Waals surface area contributed by atoms with Gasteiger partial charge in [0.05, 0.1) is 10.6 Å². The third kappa shape index (κ3) is 3.02. The van der Waals surface area contributed by atoms with E-state index in [-0.39, 0.29) is 4.90 Å². The highest BCUT2D eigenvalue weighted by Crippen LogP contribution is 2.30. The minimum Gasteiger partial charge on any atom is -0.384 e. The van der Waals surface area contributed by atoms with Gasteiger partial charge in [0, 0.05) is 21.7 Å². The zero-order chi connectivity index (χ0) is 15.0. The average Bonchev–Trinajstić information content (AvgIpc) is 2.90. The van der Waals surface area contributed by atoms with Crippen LogP contribution >= 0.6 is 27.5 Å². The molecule has 1 aliphatic heterocycles. The van der Waals surface area contributed by atoms with Gasteiger partial charge in [-0.1, -0.05) is 17.7 Å². The standard InChI is InChI=1S/C14H12BrClN2O2S/c15-12-4-2-10(16)7-14(12)18-21(19,20)11-3-1-9-5-6-17-13(9)8-11/h1-4,7-8,17-18H,5-6H2. The minimum absolute atomic E-state index is 0.225. The Hall–Kier alpha value is -1.24. The van der Waals surface area contributed by atoms with E-state index in [0.717, 1.165) is 24.2 Å². The Balaban J connectivity index is 1.95. The highest BCUT2D eigenvalue weighted by molar-refractivity contribution is 9.10. The van der Waals surface area contributed by atoms with Gasteiger partial charge in [-0.3, -0.25) is 4.72 Å². The van der Waals surface area contributed by atoms with Gasteiger partial charge in [0.25, 0.3) is 10.0 Å². The highest BCUT2D eigenvalue weighted by Gasteiger charge is 2.19. The van der Waals surface area contributed by atoms with Crippen molar-refractivity contribution in [2.75, 3.05) is 16.6 Å². The number of halogens is 2. The number of rotatable bonds is 3. The van der Waals surface area contributed by atoms with Gasteiger partial charge in [0.1, 0.15) is 0 Å². The molecule has 2 aromatic carbocycles. The maximum atomic E-state index is 12.5. The van der Waals surface area contributed by atoms with Crippen LogP contribution in [-0.4, -0.2) is 15.0 Å². The lowest BCUT2D eigenvalue weighted by molar-refractivity contribution is 0.601. The molecule has 2 N–H and O–H groups in total. The van der Waals surface area contributed by atoms with Crippen LogP contribution in [-0.2, 0) is 16.4 Å². The van der Waals surface area contributed by atoms with Crippen molar-refractivity contribution >= 4 is 48.9 Å². The van der Waals surface area contributed by atoms with Crippen LogP contribution in [0, 0.1) is 0 Å². The molecule has 0 aromatic heterocycles. The van der Waals surface area contributed by atoms with Gasteiger partial charge >= 0.3 is 0 Å². The van der Waals surface area contributed by atoms with Crippen LogP contribution in [0.15, 0.2) is 45.8 Å². The Morgan fingerprint density at radius 3 is 2.81 bits per heavy atom. The number of sulfonamides is 1. The molecule has 0 spiro atoms. The van der Waals surface area contributed by atoms with Gasteiger partial charge < -0.3 is 5.32 Å². The van der Waals surface area contributed by atoms with Crippen molar-refractivity contribution in [3.05, 3.63) is 51.5 Å². The van der Waals surface area contributed by atoms with Gasteiger partial charge in [-0.05, 0) is 58.2 Å². The summed E-state index contributed by atoms with van der Waals surface area (Å²) >= 11 is 9.21. The van der Waals surface area contributed by atoms with E-state index < -0.39 is 10.0 Å². The zero-order valence-corrected chi connectivity index (χ0v) is 14.0. The summed E-state index contributed by atoms with van der Waals surface area (Å²) in [4.78, 5) is 0.225. The molecule has 2 aromatic rings. The molecule has 21 heavy (non-hydrogen) atoms. The van der Waals surface area contributed by atoms with E-state index in [1.807, 2.05) is 6.07 Å². The maximum absolute atomic E-state index is 12.5. The first-order valence-corrected chi connectivity index (χ1v) is 8.96. The van der Waals surface area contributed by atoms with E-state index >= 15 is 0 Å². The summed E-state index contributed by atoms with van der Waals surface area (Å²) < 4.78 is 28.1. The van der Waals surface area contributed by atoms with E-state index in [4.69, 9.17) is 11.6 Å². The van der Waals surface area contributed by atoms with Crippen LogP contribution in [0.1, 0.15) is 5.56 Å². The molecule has 0 amide bonds. The first-order chi connectivity index (χ1) is 9.95. The summed E-state index contributed by atoms with van der Waals surface area (Å²) in [7, 11) is -3.65. The van der Waals surface area contributed by atoms with Crippen molar-refractivity contribution in [2.24, 2.45) is 0 Å². The molecular weight excluding hydrogens is 376 g/mol. The van der Waals surface area contributed by atoms with Crippen molar-refractivity contribution in [3.63, 3.8) is 0 Å². The van der Waals surface area contributed by atoms with Crippen molar-refractivity contribution in [3.8, 4) is 0 Å². The maximum Gasteiger partial charge on any atom is 0.262 e. The number of nitrogens with one attached hydrogen (secondary N) is 2. The number of anilines is 2. The summed E-state index contributed by atoms with van der Waals surface area (Å²) in [5.74, 6) is 0. The fourth-order valence-electron chi connectivity index (χ4n) is 2.22. The van der Waals surface area contributed by atoms with Gasteiger partial charge in [-0.25, -0.2) is 8.42 Å². The minimum atomic E-state index is -3.65. The van der Waals surface area contributed by atoms with Crippen LogP contribution in [0.5, 0.6) is 0 Å². The van der Waals surface area contributed by atoms with Crippen molar-refractivity contribution in [1.29, 1.82) is 0 Å². The summed E-state index contributed by atoms with van der Waals surface area (Å²) in [6, 6.07) is 10.1. The van der Waals surface area contributed by atoms with Crippen molar-refractivity contribution in [1.82, 2.24) is 0 Å². The molecule has 3 rings (SSSR count). The normalized spacial score (nSPS) is 13.6. The smallest absolute Gasteiger partial charge is 0.262 e. The molecule has 0 saturated carbocycles. The fourth-order valence-corrected chi connectivity index (χ4v) is 3.96. The predicted octanol–water partition coefficient (Wildman–Crippen LogP) is 3.87. The molecular formula is C14H12BrClN2O2S. The molecule has 0 bridgehead atoms. The van der Waals surface area contributed by atoms with Crippen LogP contribution < -0.4 is 10.0 Å². The topological polar surface area (TPSA) is 58.2 Å². The molecule has 4 nitrogen and oxygen atoms in total. The number of hydrogen-bond donors (Lipinski definition) is 2. The van der Waals surface area contributed by atoms with Crippen LogP contribution in [0.4, 0.5) is 11.4 Å². The zero-order valence-electron chi connectivity index (χ0n) is 10.9. The van der Waals surface area contributed by atoms with E-state index in [2.05, 4.69) is 26.0 Å². The Labute approximate surface area is 136 Å². The fraction of sp³-hybridized carbons (Fsp3) is 0.143. The molecule has 0 unspecified atom stereocenters. The Morgan fingerprint density at radius 2 is 2.00 bits per heavy atom. The van der Waals surface area contributed by atoms with Crippen molar-refractivity contribution in [2.45, 2.75) is 11.3 Å². The lowest BCUT2D eigenvalue weighted by Gasteiger charge is -2.11. The highest BCUT2D eigenvalue weighted by atomic mass is 79.9. The molecule has 1 heterocycles. The third-order valence-electron chi connectivity index (χ3n) is 3.27. The summed E-state index contributed by atoms with van der Waals surface area (Å²) in [6.07, 6.45) is 0.920. The lowest BCUT2D eigenvalue weighted by Crippen LogP contribution is -2.13. The summed E-state index contributed by atoms with van der Waals surface area (Å²) in [5, 5.41) is 3.64. The van der Waals surface area contributed by atoms with Gasteiger partial charge in [-0.15, -0.1) is 0 Å². The second kappa shape index (κ2) is 5.51. The molecule has 0 saturated heterocycles. The van der Waals surface area contributed by atoms with Gasteiger partial charge in [0.2, 0.25) is 0 Å². The van der Waals surface area contributed by atoms with E-state index in [1.54, 1.807) is 30.3 Å². The summed E-state index contributed by atoms with van der Waals surface area (Å²) in [5.41, 5.74) is 2.43. The summed E-state index contributed by atoms with van der Waals surface area (Å²) in [6.45, 7) is 0.839. The number of fused-ring (bicyclic) bond motifs is 1. The quantitative estimate of drug-likeness (QED) is 0.840. The van der Waals surface area contributed by atoms with Gasteiger partial charge in [-0.2, -0.15) is 0 Å². The third-order valence-corrected chi connectivity index (χ3v) is 5.56. The molecule has 1 aliphatic rings. The monoisotopic (exact) mass is 386 g/mol. The Bertz CT molecular complexity index is 809. The first kappa shape index (κ1) is 14.7. The average molecular weight is 388 g/mol. The molecule has 7 heteroatoms. The second-order valence-electron chi connectivity index (χ2n) is 4.73. The molecule has 0 aliphatic carbocycles. The van der Waals surface area contributed by atoms with Crippen LogP contribution in [0.3, 0.4) is 0 Å². The van der Waals surface area contributed by atoms with Gasteiger partial charge in [0.15, 0.2) is 0 Å². The van der Waals surface area contributed by atoms with E-state index in [1.165, 1.54) is 0 Å². The Kier molecular flexibility index (Phi) is 3.86. The second-order valence-corrected chi connectivity index (χ2v) is 7.70. The molecule has 0 atom stereocenters. The number of benzene rings is 2. The van der Waals surface area contributed by atoms with Crippen LogP contribution in [0.2, 0.25) is 5.02 Å². The largest absolute Gasteiger partial charge is 0.384 e. The van der Waals surface area contributed by atoms with E-state index in [9.17, 15) is 8.42 Å². The van der Waals surface area contributed by atoms with E-state index in [0.29, 0.717) is 15.2 Å². The molecule has 110 valence electrons. The first-order valence-electron chi connectivity index (χ1n) is 6.30. The Morgan fingerprint density at radius 1 is 1.19 bits per heavy atom. The van der Waals surface area contributed by atoms with Crippen molar-refractivity contribution < 1.29 is 8.42 Å². The molecule has 0 radical (unpaired) electrons. The SMILES string of the molecule is O=S(=O)(Nc1cc(Cl)ccc1Br)c1ccc2c(c1)NCC2. The number of hydrogen-bond acceptors (Lipinski definition) is 3. The lowest BCUT2D eigenvalue weighted by atomic mass is 10.2.